The number of fused-ring (bicyclic) bond motifs is 1. The van der Waals surface area contributed by atoms with E-state index >= 15 is 0 Å². The van der Waals surface area contributed by atoms with Crippen LogP contribution in [0.15, 0.2) is 30.3 Å². The van der Waals surface area contributed by atoms with E-state index in [1.807, 2.05) is 31.2 Å². The van der Waals surface area contributed by atoms with Gasteiger partial charge in [0.1, 0.15) is 5.69 Å². The summed E-state index contributed by atoms with van der Waals surface area (Å²) in [4.78, 5) is 39.4. The van der Waals surface area contributed by atoms with Crippen molar-refractivity contribution in [3.63, 3.8) is 0 Å². The topological polar surface area (TPSA) is 106 Å². The Hall–Kier alpha value is -3.20. The maximum absolute atomic E-state index is 13.1. The molecule has 1 aromatic heterocycles. The Balaban J connectivity index is 1.35. The van der Waals surface area contributed by atoms with E-state index in [0.717, 1.165) is 37.0 Å². The van der Waals surface area contributed by atoms with Gasteiger partial charge in [-0.15, -0.1) is 0 Å². The standard InChI is InChI=1S/C23H29N5O4/c1-16-6-2-3-7-17(16)15-27-9-5-10-28-20(23(27)31)12-19(26-28)22(30)25-14-21(29)24-13-18-8-4-11-32-18/h2-3,6-7,12,18H,4-5,8-11,13-15H2,1H3,(H,24,29)(H,25,30). The van der Waals surface area contributed by atoms with Crippen molar-refractivity contribution in [2.75, 3.05) is 26.2 Å². The zero-order chi connectivity index (χ0) is 22.5. The highest BCUT2D eigenvalue weighted by molar-refractivity contribution is 5.99. The van der Waals surface area contributed by atoms with Crippen molar-refractivity contribution in [3.8, 4) is 0 Å². The Morgan fingerprint density at radius 1 is 1.19 bits per heavy atom. The summed E-state index contributed by atoms with van der Waals surface area (Å²) >= 11 is 0. The van der Waals surface area contributed by atoms with Crippen molar-refractivity contribution in [3.05, 3.63) is 52.8 Å². The van der Waals surface area contributed by atoms with Crippen LogP contribution in [0.3, 0.4) is 0 Å². The minimum atomic E-state index is -0.476. The summed E-state index contributed by atoms with van der Waals surface area (Å²) in [5.74, 6) is -0.905. The number of nitrogens with zero attached hydrogens (tertiary/aromatic N) is 3. The SMILES string of the molecule is Cc1ccccc1CN1CCCn2nc(C(=O)NCC(=O)NCC3CCCO3)cc2C1=O. The first-order valence-corrected chi connectivity index (χ1v) is 11.1. The number of benzene rings is 1. The molecule has 9 nitrogen and oxygen atoms in total. The van der Waals surface area contributed by atoms with Crippen LogP contribution >= 0.6 is 0 Å². The zero-order valence-electron chi connectivity index (χ0n) is 18.3. The molecule has 0 spiro atoms. The highest BCUT2D eigenvalue weighted by Crippen LogP contribution is 2.18. The fraction of sp³-hybridized carbons (Fsp3) is 0.478. The highest BCUT2D eigenvalue weighted by atomic mass is 16.5. The molecule has 2 N–H and O–H groups in total. The predicted molar refractivity (Wildman–Crippen MR) is 117 cm³/mol. The van der Waals surface area contributed by atoms with Gasteiger partial charge in [0, 0.05) is 38.9 Å². The largest absolute Gasteiger partial charge is 0.376 e. The van der Waals surface area contributed by atoms with Gasteiger partial charge in [-0.3, -0.25) is 19.1 Å². The third-order valence-corrected chi connectivity index (χ3v) is 5.90. The second-order valence-corrected chi connectivity index (χ2v) is 8.27. The lowest BCUT2D eigenvalue weighted by Crippen LogP contribution is -2.40. The molecular weight excluding hydrogens is 410 g/mol. The first kappa shape index (κ1) is 22.0. The maximum atomic E-state index is 13.1. The summed E-state index contributed by atoms with van der Waals surface area (Å²) in [6.45, 7) is 4.75. The quantitative estimate of drug-likeness (QED) is 0.676. The Kier molecular flexibility index (Phi) is 6.84. The van der Waals surface area contributed by atoms with Gasteiger partial charge in [0.25, 0.3) is 11.8 Å². The van der Waals surface area contributed by atoms with E-state index in [2.05, 4.69) is 15.7 Å². The number of hydrogen-bond donors (Lipinski definition) is 2. The average molecular weight is 440 g/mol. The minimum absolute atomic E-state index is 0.0482. The highest BCUT2D eigenvalue weighted by Gasteiger charge is 2.26. The molecule has 1 aromatic carbocycles. The van der Waals surface area contributed by atoms with Crippen LogP contribution in [0.2, 0.25) is 0 Å². The molecule has 0 aliphatic carbocycles. The van der Waals surface area contributed by atoms with E-state index < -0.39 is 5.91 Å². The smallest absolute Gasteiger partial charge is 0.272 e. The molecule has 0 bridgehead atoms. The number of rotatable bonds is 7. The van der Waals surface area contributed by atoms with Gasteiger partial charge in [-0.05, 0) is 37.3 Å². The van der Waals surface area contributed by atoms with Crippen molar-refractivity contribution in [1.29, 1.82) is 0 Å². The molecule has 0 radical (unpaired) electrons. The molecule has 3 amide bonds. The molecule has 2 aliphatic rings. The second kappa shape index (κ2) is 9.95. The summed E-state index contributed by atoms with van der Waals surface area (Å²) in [7, 11) is 0. The van der Waals surface area contributed by atoms with Crippen molar-refractivity contribution < 1.29 is 19.1 Å². The fourth-order valence-electron chi connectivity index (χ4n) is 4.04. The third kappa shape index (κ3) is 5.16. The van der Waals surface area contributed by atoms with Gasteiger partial charge in [0.2, 0.25) is 5.91 Å². The van der Waals surface area contributed by atoms with E-state index in [1.165, 1.54) is 6.07 Å². The number of hydrogen-bond acceptors (Lipinski definition) is 5. The van der Waals surface area contributed by atoms with Gasteiger partial charge >= 0.3 is 0 Å². The molecule has 3 heterocycles. The minimum Gasteiger partial charge on any atom is -0.376 e. The number of nitrogens with one attached hydrogen (secondary N) is 2. The van der Waals surface area contributed by atoms with Crippen molar-refractivity contribution in [1.82, 2.24) is 25.3 Å². The zero-order valence-corrected chi connectivity index (χ0v) is 18.3. The summed E-state index contributed by atoms with van der Waals surface area (Å²) in [6, 6.07) is 9.51. The molecule has 1 fully saturated rings. The van der Waals surface area contributed by atoms with E-state index in [9.17, 15) is 14.4 Å². The van der Waals surface area contributed by atoms with Gasteiger partial charge in [-0.25, -0.2) is 0 Å². The van der Waals surface area contributed by atoms with Crippen molar-refractivity contribution in [2.24, 2.45) is 0 Å². The average Bonchev–Trinajstić information content (AvgIpc) is 3.44. The molecule has 4 rings (SSSR count). The Morgan fingerprint density at radius 2 is 2.03 bits per heavy atom. The fourth-order valence-corrected chi connectivity index (χ4v) is 4.04. The number of amides is 3. The first-order chi connectivity index (χ1) is 15.5. The van der Waals surface area contributed by atoms with Crippen LogP contribution < -0.4 is 10.6 Å². The summed E-state index contributed by atoms with van der Waals surface area (Å²) in [5, 5.41) is 9.66. The Morgan fingerprint density at radius 3 is 2.81 bits per heavy atom. The molecular formula is C23H29N5O4. The molecule has 32 heavy (non-hydrogen) atoms. The molecule has 1 unspecified atom stereocenters. The monoisotopic (exact) mass is 439 g/mol. The predicted octanol–water partition coefficient (Wildman–Crippen LogP) is 1.26. The molecule has 2 aliphatic heterocycles. The molecule has 0 saturated carbocycles. The molecule has 1 saturated heterocycles. The van der Waals surface area contributed by atoms with E-state index in [-0.39, 0.29) is 30.2 Å². The van der Waals surface area contributed by atoms with Gasteiger partial charge in [-0.2, -0.15) is 5.10 Å². The second-order valence-electron chi connectivity index (χ2n) is 8.27. The van der Waals surface area contributed by atoms with Crippen LogP contribution in [-0.2, 0) is 22.6 Å². The lowest BCUT2D eigenvalue weighted by atomic mass is 10.1. The number of carbonyl (C=O) groups excluding carboxylic acids is 3. The summed E-state index contributed by atoms with van der Waals surface area (Å²) in [6.07, 6.45) is 2.73. The lowest BCUT2D eigenvalue weighted by molar-refractivity contribution is -0.120. The van der Waals surface area contributed by atoms with E-state index in [1.54, 1.807) is 9.58 Å². The van der Waals surface area contributed by atoms with Gasteiger partial charge in [-0.1, -0.05) is 24.3 Å². The number of aryl methyl sites for hydroxylation is 2. The van der Waals surface area contributed by atoms with Crippen molar-refractivity contribution >= 4 is 17.7 Å². The number of aromatic nitrogens is 2. The third-order valence-electron chi connectivity index (χ3n) is 5.90. The van der Waals surface area contributed by atoms with Gasteiger partial charge in [0.05, 0.1) is 12.6 Å². The summed E-state index contributed by atoms with van der Waals surface area (Å²) < 4.78 is 7.06. The Bertz CT molecular complexity index is 996. The molecule has 1 atom stereocenters. The van der Waals surface area contributed by atoms with Crippen LogP contribution in [0.25, 0.3) is 0 Å². The lowest BCUT2D eigenvalue weighted by Gasteiger charge is -2.21. The van der Waals surface area contributed by atoms with Gasteiger partial charge < -0.3 is 20.3 Å². The van der Waals surface area contributed by atoms with Crippen molar-refractivity contribution in [2.45, 2.75) is 45.4 Å². The van der Waals surface area contributed by atoms with Gasteiger partial charge in [0.15, 0.2) is 5.69 Å². The maximum Gasteiger partial charge on any atom is 0.272 e. The summed E-state index contributed by atoms with van der Waals surface area (Å²) in [5.41, 5.74) is 2.76. The normalized spacial score (nSPS) is 18.2. The van der Waals surface area contributed by atoms with Crippen LogP contribution in [0.1, 0.15) is 51.4 Å². The first-order valence-electron chi connectivity index (χ1n) is 11.1. The van der Waals surface area contributed by atoms with Crippen LogP contribution in [0.4, 0.5) is 0 Å². The molecule has 170 valence electrons. The number of ether oxygens (including phenoxy) is 1. The molecule has 2 aromatic rings. The molecule has 9 heteroatoms. The number of carbonyl (C=O) groups is 3. The van der Waals surface area contributed by atoms with Crippen LogP contribution in [0, 0.1) is 6.92 Å². The van der Waals surface area contributed by atoms with E-state index in [4.69, 9.17) is 4.74 Å². The van der Waals surface area contributed by atoms with E-state index in [0.29, 0.717) is 31.9 Å². The van der Waals surface area contributed by atoms with Crippen LogP contribution in [-0.4, -0.2) is 64.7 Å². The van der Waals surface area contributed by atoms with Crippen LogP contribution in [0.5, 0.6) is 0 Å². The Labute approximate surface area is 187 Å².